The average molecular weight is 409 g/mol. The van der Waals surface area contributed by atoms with E-state index in [-0.39, 0.29) is 11.7 Å². The van der Waals surface area contributed by atoms with Crippen LogP contribution in [0.25, 0.3) is 0 Å². The number of hydrogen-bond donors (Lipinski definition) is 1. The molecule has 0 radical (unpaired) electrons. The second kappa shape index (κ2) is 8.96. The molecule has 0 spiro atoms. The lowest BCUT2D eigenvalue weighted by Crippen LogP contribution is -2.54. The van der Waals surface area contributed by atoms with E-state index in [1.165, 1.54) is 16.8 Å². The number of phenols is 1. The van der Waals surface area contributed by atoms with Crippen LogP contribution in [-0.2, 0) is 4.79 Å². The third-order valence-electron chi connectivity index (χ3n) is 6.50. The second-order valence-electron chi connectivity index (χ2n) is 8.37. The molecule has 0 aliphatic carbocycles. The van der Waals surface area contributed by atoms with Gasteiger partial charge in [-0.15, -0.1) is 0 Å². The van der Waals surface area contributed by atoms with Crippen molar-refractivity contribution in [2.75, 3.05) is 68.7 Å². The topological polar surface area (TPSA) is 50.3 Å². The van der Waals surface area contributed by atoms with Gasteiger partial charge in [0.1, 0.15) is 5.75 Å². The molecule has 0 aromatic heterocycles. The highest BCUT2D eigenvalue weighted by atomic mass is 16.3. The number of aryl methyl sites for hydroxylation is 1. The Bertz CT molecular complexity index is 867. The molecule has 2 fully saturated rings. The van der Waals surface area contributed by atoms with Crippen molar-refractivity contribution in [1.82, 2.24) is 9.80 Å². The second-order valence-corrected chi connectivity index (χ2v) is 8.37. The number of aromatic hydroxyl groups is 1. The Morgan fingerprint density at radius 3 is 2.13 bits per heavy atom. The zero-order valence-corrected chi connectivity index (χ0v) is 18.0. The maximum absolute atomic E-state index is 12.8. The first-order valence-corrected chi connectivity index (χ1v) is 10.9. The fourth-order valence-corrected chi connectivity index (χ4v) is 4.39. The van der Waals surface area contributed by atoms with Crippen LogP contribution in [0, 0.1) is 13.8 Å². The molecule has 160 valence electrons. The first kappa shape index (κ1) is 20.5. The minimum Gasteiger partial charge on any atom is -0.508 e. The van der Waals surface area contributed by atoms with Gasteiger partial charge in [0, 0.05) is 63.7 Å². The minimum atomic E-state index is 0.237. The summed E-state index contributed by atoms with van der Waals surface area (Å²) in [7, 11) is 0. The third-order valence-corrected chi connectivity index (χ3v) is 6.50. The van der Waals surface area contributed by atoms with Crippen molar-refractivity contribution in [2.45, 2.75) is 13.8 Å². The summed E-state index contributed by atoms with van der Waals surface area (Å²) in [5.74, 6) is 0.519. The number of carbonyl (C=O) groups is 1. The van der Waals surface area contributed by atoms with E-state index in [4.69, 9.17) is 0 Å². The summed E-state index contributed by atoms with van der Waals surface area (Å²) in [6.45, 7) is 11.8. The zero-order chi connectivity index (χ0) is 21.1. The van der Waals surface area contributed by atoms with E-state index in [1.807, 2.05) is 17.0 Å². The van der Waals surface area contributed by atoms with Crippen LogP contribution in [0.3, 0.4) is 0 Å². The number of hydrogen-bond acceptors (Lipinski definition) is 5. The maximum Gasteiger partial charge on any atom is 0.236 e. The highest BCUT2D eigenvalue weighted by molar-refractivity contribution is 5.78. The number of piperazine rings is 2. The first-order chi connectivity index (χ1) is 14.5. The summed E-state index contributed by atoms with van der Waals surface area (Å²) in [6, 6.07) is 13.8. The summed E-state index contributed by atoms with van der Waals surface area (Å²) in [4.78, 5) is 21.8. The summed E-state index contributed by atoms with van der Waals surface area (Å²) < 4.78 is 0. The van der Waals surface area contributed by atoms with Gasteiger partial charge in [0.25, 0.3) is 0 Å². The van der Waals surface area contributed by atoms with Crippen molar-refractivity contribution in [3.05, 3.63) is 53.6 Å². The van der Waals surface area contributed by atoms with E-state index in [0.717, 1.165) is 58.0 Å². The number of benzene rings is 2. The molecule has 6 heteroatoms. The molecule has 1 N–H and O–H groups in total. The molecule has 2 aromatic carbocycles. The van der Waals surface area contributed by atoms with Gasteiger partial charge in [0.15, 0.2) is 0 Å². The van der Waals surface area contributed by atoms with Gasteiger partial charge in [-0.2, -0.15) is 0 Å². The smallest absolute Gasteiger partial charge is 0.236 e. The molecule has 2 heterocycles. The molecule has 0 atom stereocenters. The number of anilines is 2. The van der Waals surface area contributed by atoms with Crippen LogP contribution in [0.5, 0.6) is 5.75 Å². The normalized spacial score (nSPS) is 18.0. The highest BCUT2D eigenvalue weighted by Gasteiger charge is 2.25. The molecule has 1 amide bonds. The molecule has 30 heavy (non-hydrogen) atoms. The Kier molecular flexibility index (Phi) is 6.13. The van der Waals surface area contributed by atoms with E-state index < -0.39 is 0 Å². The maximum atomic E-state index is 12.8. The summed E-state index contributed by atoms with van der Waals surface area (Å²) >= 11 is 0. The molecule has 2 saturated heterocycles. The van der Waals surface area contributed by atoms with Crippen molar-refractivity contribution in [2.24, 2.45) is 0 Å². The first-order valence-electron chi connectivity index (χ1n) is 10.9. The number of carbonyl (C=O) groups excluding carboxylic acids is 1. The molecule has 2 aromatic rings. The predicted octanol–water partition coefficient (Wildman–Crippen LogP) is 2.48. The molecular weight excluding hydrogens is 376 g/mol. The summed E-state index contributed by atoms with van der Waals surface area (Å²) in [6.07, 6.45) is 0. The van der Waals surface area contributed by atoms with Gasteiger partial charge in [-0.3, -0.25) is 9.69 Å². The van der Waals surface area contributed by atoms with Crippen molar-refractivity contribution >= 4 is 17.3 Å². The predicted molar refractivity (Wildman–Crippen MR) is 121 cm³/mol. The Hall–Kier alpha value is -2.73. The summed E-state index contributed by atoms with van der Waals surface area (Å²) in [5, 5.41) is 9.45. The molecule has 4 rings (SSSR count). The van der Waals surface area contributed by atoms with Crippen LogP contribution in [0.15, 0.2) is 42.5 Å². The monoisotopic (exact) mass is 408 g/mol. The lowest BCUT2D eigenvalue weighted by atomic mass is 10.1. The quantitative estimate of drug-likeness (QED) is 0.842. The lowest BCUT2D eigenvalue weighted by molar-refractivity contribution is -0.132. The Labute approximate surface area is 179 Å². The van der Waals surface area contributed by atoms with Crippen LogP contribution in [0.2, 0.25) is 0 Å². The number of phenolic OH excluding ortho intramolecular Hbond substituents is 1. The molecule has 2 aliphatic rings. The highest BCUT2D eigenvalue weighted by Crippen LogP contribution is 2.24. The molecule has 0 unspecified atom stereocenters. The summed E-state index contributed by atoms with van der Waals surface area (Å²) in [5.41, 5.74) is 5.11. The van der Waals surface area contributed by atoms with Crippen LogP contribution in [-0.4, -0.2) is 79.7 Å². The van der Waals surface area contributed by atoms with Gasteiger partial charge in [0.2, 0.25) is 5.91 Å². The van der Waals surface area contributed by atoms with E-state index in [1.54, 1.807) is 12.1 Å². The molecular formula is C24H32N4O2. The van der Waals surface area contributed by atoms with E-state index in [9.17, 15) is 9.90 Å². The van der Waals surface area contributed by atoms with Crippen molar-refractivity contribution in [1.29, 1.82) is 0 Å². The van der Waals surface area contributed by atoms with Crippen LogP contribution in [0.1, 0.15) is 11.1 Å². The van der Waals surface area contributed by atoms with Crippen molar-refractivity contribution in [3.8, 4) is 5.75 Å². The fourth-order valence-electron chi connectivity index (χ4n) is 4.39. The SMILES string of the molecule is Cc1cccc(N2CCN(CC(=O)N3CCN(c4ccc(O)cc4)CC3)CC2)c1C. The van der Waals surface area contributed by atoms with Crippen LogP contribution < -0.4 is 9.80 Å². The largest absolute Gasteiger partial charge is 0.508 e. The standard InChI is InChI=1S/C24H32N4O2/c1-19-4-3-5-23(20(19)2)27-12-10-25(11-13-27)18-24(30)28-16-14-26(15-17-28)21-6-8-22(29)9-7-21/h3-9,29H,10-18H2,1-2H3. The van der Waals surface area contributed by atoms with Gasteiger partial charge in [0.05, 0.1) is 6.54 Å². The Morgan fingerprint density at radius 1 is 0.833 bits per heavy atom. The lowest BCUT2D eigenvalue weighted by Gasteiger charge is -2.39. The van der Waals surface area contributed by atoms with E-state index in [2.05, 4.69) is 46.7 Å². The van der Waals surface area contributed by atoms with Gasteiger partial charge >= 0.3 is 0 Å². The van der Waals surface area contributed by atoms with Crippen LogP contribution in [0.4, 0.5) is 11.4 Å². The van der Waals surface area contributed by atoms with Crippen LogP contribution >= 0.6 is 0 Å². The molecule has 0 saturated carbocycles. The number of amides is 1. The fraction of sp³-hybridized carbons (Fsp3) is 0.458. The van der Waals surface area contributed by atoms with Crippen molar-refractivity contribution < 1.29 is 9.90 Å². The minimum absolute atomic E-state index is 0.237. The molecule has 6 nitrogen and oxygen atoms in total. The van der Waals surface area contributed by atoms with E-state index in [0.29, 0.717) is 6.54 Å². The van der Waals surface area contributed by atoms with Gasteiger partial charge in [-0.05, 0) is 55.3 Å². The van der Waals surface area contributed by atoms with Gasteiger partial charge in [-0.1, -0.05) is 12.1 Å². The average Bonchev–Trinajstić information content (AvgIpc) is 2.77. The van der Waals surface area contributed by atoms with E-state index >= 15 is 0 Å². The molecule has 0 bridgehead atoms. The third kappa shape index (κ3) is 4.54. The zero-order valence-electron chi connectivity index (χ0n) is 18.0. The Balaban J connectivity index is 1.24. The number of rotatable bonds is 4. The van der Waals surface area contributed by atoms with Gasteiger partial charge < -0.3 is 19.8 Å². The molecule has 2 aliphatic heterocycles. The number of nitrogens with zero attached hydrogens (tertiary/aromatic N) is 4. The van der Waals surface area contributed by atoms with Gasteiger partial charge in [-0.25, -0.2) is 0 Å². The Morgan fingerprint density at radius 2 is 1.47 bits per heavy atom. The van der Waals surface area contributed by atoms with Crippen molar-refractivity contribution in [3.63, 3.8) is 0 Å².